The number of carbonyl (C=O) groups excluding carboxylic acids is 3. The number of likely N-dealkylation sites (N-methyl/N-ethyl adjacent to an activating group) is 1. The van der Waals surface area contributed by atoms with Gasteiger partial charge in [0.15, 0.2) is 5.78 Å². The lowest BCUT2D eigenvalue weighted by molar-refractivity contribution is -0.133. The maximum Gasteiger partial charge on any atom is 0.243 e. The van der Waals surface area contributed by atoms with Crippen molar-refractivity contribution in [1.82, 2.24) is 4.90 Å². The van der Waals surface area contributed by atoms with Crippen LogP contribution in [0.3, 0.4) is 0 Å². The number of nitrogens with zero attached hydrogens (tertiary/aromatic N) is 1. The maximum absolute atomic E-state index is 12.5. The van der Waals surface area contributed by atoms with Gasteiger partial charge >= 0.3 is 0 Å². The van der Waals surface area contributed by atoms with Gasteiger partial charge in [0.25, 0.3) is 0 Å². The molecule has 0 saturated carbocycles. The van der Waals surface area contributed by atoms with Crippen molar-refractivity contribution in [3.8, 4) is 0 Å². The molecule has 1 aliphatic rings. The largest absolute Gasteiger partial charge is 0.336 e. The Balaban J connectivity index is 1.49. The van der Waals surface area contributed by atoms with Crippen LogP contribution in [0.1, 0.15) is 51.9 Å². The minimum absolute atomic E-state index is 0.0266. The minimum Gasteiger partial charge on any atom is -0.336 e. The molecule has 0 fully saturated rings. The lowest BCUT2D eigenvalue weighted by atomic mass is 10.0. The van der Waals surface area contributed by atoms with Crippen molar-refractivity contribution in [3.05, 3.63) is 64.2 Å². The molecule has 0 heterocycles. The smallest absolute Gasteiger partial charge is 0.243 e. The Morgan fingerprint density at radius 2 is 1.76 bits per heavy atom. The van der Waals surface area contributed by atoms with E-state index in [1.54, 1.807) is 7.05 Å². The van der Waals surface area contributed by atoms with Crippen LogP contribution in [0.4, 0.5) is 5.69 Å². The number of aryl methyl sites for hydroxylation is 3. The van der Waals surface area contributed by atoms with Crippen LogP contribution in [-0.4, -0.2) is 36.1 Å². The number of nitrogens with one attached hydrogen (secondary N) is 1. The second-order valence-electron chi connectivity index (χ2n) is 7.81. The summed E-state index contributed by atoms with van der Waals surface area (Å²) in [6.07, 6.45) is 3.50. The van der Waals surface area contributed by atoms with Gasteiger partial charge in [-0.3, -0.25) is 14.4 Å². The molecule has 0 aliphatic heterocycles. The lowest BCUT2D eigenvalue weighted by Gasteiger charge is -2.17. The van der Waals surface area contributed by atoms with Crippen LogP contribution in [0, 0.1) is 13.8 Å². The van der Waals surface area contributed by atoms with Crippen LogP contribution in [-0.2, 0) is 22.4 Å². The molecule has 0 bridgehead atoms. The number of hydrogen-bond donors (Lipinski definition) is 1. The molecule has 152 valence electrons. The third kappa shape index (κ3) is 5.11. The highest BCUT2D eigenvalue weighted by Gasteiger charge is 2.18. The number of hydrogen-bond acceptors (Lipinski definition) is 3. The summed E-state index contributed by atoms with van der Waals surface area (Å²) in [4.78, 5) is 38.5. The summed E-state index contributed by atoms with van der Waals surface area (Å²) in [5.41, 5.74) is 6.11. The van der Waals surface area contributed by atoms with E-state index in [0.29, 0.717) is 5.56 Å². The van der Waals surface area contributed by atoms with Gasteiger partial charge in [-0.05, 0) is 67.5 Å². The molecule has 1 N–H and O–H groups in total. The zero-order valence-corrected chi connectivity index (χ0v) is 17.4. The fourth-order valence-corrected chi connectivity index (χ4v) is 3.68. The van der Waals surface area contributed by atoms with Gasteiger partial charge < -0.3 is 10.2 Å². The topological polar surface area (TPSA) is 66.5 Å². The molecule has 29 heavy (non-hydrogen) atoms. The zero-order chi connectivity index (χ0) is 21.0. The zero-order valence-electron chi connectivity index (χ0n) is 17.4. The summed E-state index contributed by atoms with van der Waals surface area (Å²) in [5, 5.41) is 2.85. The molecule has 5 nitrogen and oxygen atoms in total. The Morgan fingerprint density at radius 1 is 1.00 bits per heavy atom. The van der Waals surface area contributed by atoms with Crippen LogP contribution in [0.5, 0.6) is 0 Å². The van der Waals surface area contributed by atoms with E-state index in [1.165, 1.54) is 16.0 Å². The monoisotopic (exact) mass is 392 g/mol. The number of benzene rings is 2. The van der Waals surface area contributed by atoms with Gasteiger partial charge in [0.05, 0.1) is 6.54 Å². The molecule has 0 unspecified atom stereocenters. The van der Waals surface area contributed by atoms with E-state index >= 15 is 0 Å². The standard InChI is InChI=1S/C24H28N2O3/c1-16-6-4-9-21(17(16)2)25-23(28)15-26(3)24(29)13-12-22(27)20-11-10-18-7-5-8-19(18)14-20/h4,6,9-11,14H,5,7-8,12-13,15H2,1-3H3,(H,25,28). The van der Waals surface area contributed by atoms with E-state index in [-0.39, 0.29) is 37.0 Å². The number of rotatable bonds is 7. The number of anilines is 1. The van der Waals surface area contributed by atoms with Gasteiger partial charge in [0.2, 0.25) is 11.8 Å². The van der Waals surface area contributed by atoms with Crippen molar-refractivity contribution in [2.24, 2.45) is 0 Å². The summed E-state index contributed by atoms with van der Waals surface area (Å²) in [6.45, 7) is 3.89. The first-order chi connectivity index (χ1) is 13.8. The lowest BCUT2D eigenvalue weighted by Crippen LogP contribution is -2.35. The average Bonchev–Trinajstić information content (AvgIpc) is 3.17. The average molecular weight is 392 g/mol. The highest BCUT2D eigenvalue weighted by molar-refractivity contribution is 5.99. The van der Waals surface area contributed by atoms with Gasteiger partial charge in [0.1, 0.15) is 0 Å². The van der Waals surface area contributed by atoms with E-state index in [0.717, 1.165) is 36.1 Å². The summed E-state index contributed by atoms with van der Waals surface area (Å²) in [6, 6.07) is 11.6. The van der Waals surface area contributed by atoms with Crippen LogP contribution in [0.25, 0.3) is 0 Å². The Hall–Kier alpha value is -2.95. The second kappa shape index (κ2) is 9.03. The minimum atomic E-state index is -0.250. The van der Waals surface area contributed by atoms with Crippen molar-refractivity contribution in [2.45, 2.75) is 46.0 Å². The molecule has 2 aromatic rings. The first kappa shape index (κ1) is 20.8. The van der Waals surface area contributed by atoms with Crippen molar-refractivity contribution in [1.29, 1.82) is 0 Å². The highest BCUT2D eigenvalue weighted by atomic mass is 16.2. The molecular formula is C24H28N2O3. The molecule has 0 aromatic heterocycles. The molecule has 5 heteroatoms. The molecular weight excluding hydrogens is 364 g/mol. The predicted octanol–water partition coefficient (Wildman–Crippen LogP) is 3.85. The van der Waals surface area contributed by atoms with Gasteiger partial charge in [0, 0.05) is 31.1 Å². The second-order valence-corrected chi connectivity index (χ2v) is 7.81. The quantitative estimate of drug-likeness (QED) is 0.728. The molecule has 0 spiro atoms. The SMILES string of the molecule is Cc1cccc(NC(=O)CN(C)C(=O)CCC(=O)c2ccc3c(c2)CCC3)c1C. The number of amides is 2. The first-order valence-electron chi connectivity index (χ1n) is 10.1. The molecule has 1 aliphatic carbocycles. The molecule has 0 saturated heterocycles. The van der Waals surface area contributed by atoms with Crippen LogP contribution >= 0.6 is 0 Å². The fraction of sp³-hybridized carbons (Fsp3) is 0.375. The summed E-state index contributed by atoms with van der Waals surface area (Å²) < 4.78 is 0. The van der Waals surface area contributed by atoms with Gasteiger partial charge in [-0.25, -0.2) is 0 Å². The normalized spacial score (nSPS) is 12.4. The third-order valence-corrected chi connectivity index (χ3v) is 5.67. The number of Topliss-reactive ketones (excluding diaryl/α,β-unsaturated/α-hetero) is 1. The Kier molecular flexibility index (Phi) is 6.47. The van der Waals surface area contributed by atoms with Crippen molar-refractivity contribution in [3.63, 3.8) is 0 Å². The maximum atomic E-state index is 12.5. The molecule has 2 aromatic carbocycles. The Labute approximate surface area is 172 Å². The van der Waals surface area contributed by atoms with Crippen molar-refractivity contribution < 1.29 is 14.4 Å². The third-order valence-electron chi connectivity index (χ3n) is 5.67. The summed E-state index contributed by atoms with van der Waals surface area (Å²) in [7, 11) is 1.59. The predicted molar refractivity (Wildman–Crippen MR) is 114 cm³/mol. The fourth-order valence-electron chi connectivity index (χ4n) is 3.68. The van der Waals surface area contributed by atoms with Gasteiger partial charge in [-0.15, -0.1) is 0 Å². The number of ketones is 1. The summed E-state index contributed by atoms with van der Waals surface area (Å²) >= 11 is 0. The van der Waals surface area contributed by atoms with Crippen LogP contribution in [0.15, 0.2) is 36.4 Å². The first-order valence-corrected chi connectivity index (χ1v) is 10.1. The van der Waals surface area contributed by atoms with Crippen molar-refractivity contribution in [2.75, 3.05) is 18.9 Å². The highest BCUT2D eigenvalue weighted by Crippen LogP contribution is 2.23. The van der Waals surface area contributed by atoms with E-state index in [2.05, 4.69) is 5.32 Å². The van der Waals surface area contributed by atoms with E-state index in [1.807, 2.05) is 50.2 Å². The van der Waals surface area contributed by atoms with Crippen molar-refractivity contribution >= 4 is 23.3 Å². The van der Waals surface area contributed by atoms with Crippen LogP contribution < -0.4 is 5.32 Å². The van der Waals surface area contributed by atoms with Gasteiger partial charge in [-0.2, -0.15) is 0 Å². The molecule has 0 radical (unpaired) electrons. The number of fused-ring (bicyclic) bond motifs is 1. The van der Waals surface area contributed by atoms with E-state index < -0.39 is 0 Å². The number of carbonyl (C=O) groups is 3. The Morgan fingerprint density at radius 3 is 2.55 bits per heavy atom. The summed E-state index contributed by atoms with van der Waals surface area (Å²) in [5.74, 6) is -0.489. The molecule has 3 rings (SSSR count). The molecule has 2 amide bonds. The Bertz CT molecular complexity index is 949. The van der Waals surface area contributed by atoms with E-state index in [9.17, 15) is 14.4 Å². The van der Waals surface area contributed by atoms with Crippen LogP contribution in [0.2, 0.25) is 0 Å². The molecule has 0 atom stereocenters. The van der Waals surface area contributed by atoms with Gasteiger partial charge in [-0.1, -0.05) is 24.3 Å². The van der Waals surface area contributed by atoms with E-state index in [4.69, 9.17) is 0 Å².